The Bertz CT molecular complexity index is 1120. The molecule has 2 aromatic rings. The van der Waals surface area contributed by atoms with Crippen molar-refractivity contribution in [2.75, 3.05) is 20.3 Å². The monoisotopic (exact) mass is 432 g/mol. The average Bonchev–Trinajstić information content (AvgIpc) is 3.56. The zero-order valence-electron chi connectivity index (χ0n) is 19.0. The summed E-state index contributed by atoms with van der Waals surface area (Å²) in [4.78, 5) is 19.7. The first-order valence-electron chi connectivity index (χ1n) is 10.8. The lowest BCUT2D eigenvalue weighted by molar-refractivity contribution is 0.0962. The highest BCUT2D eigenvalue weighted by Gasteiger charge is 2.32. The van der Waals surface area contributed by atoms with E-state index in [0.717, 1.165) is 29.7 Å². The lowest BCUT2D eigenvalue weighted by atomic mass is 9.84. The number of nitrogens with zero attached hydrogens (tertiary/aromatic N) is 3. The molecule has 0 saturated heterocycles. The fourth-order valence-electron chi connectivity index (χ4n) is 4.02. The molecule has 7 nitrogen and oxygen atoms in total. The molecule has 0 spiro atoms. The van der Waals surface area contributed by atoms with Gasteiger partial charge in [0, 0.05) is 34.8 Å². The third-order valence-electron chi connectivity index (χ3n) is 5.91. The van der Waals surface area contributed by atoms with E-state index >= 15 is 0 Å². The number of hydrogen-bond donors (Lipinski definition) is 1. The van der Waals surface area contributed by atoms with E-state index in [1.165, 1.54) is 0 Å². The highest BCUT2D eigenvalue weighted by Crippen LogP contribution is 2.41. The lowest BCUT2D eigenvalue weighted by Gasteiger charge is -2.25. The molecule has 2 aliphatic rings. The van der Waals surface area contributed by atoms with E-state index in [0.29, 0.717) is 41.1 Å². The van der Waals surface area contributed by atoms with Gasteiger partial charge < -0.3 is 14.4 Å². The van der Waals surface area contributed by atoms with Crippen molar-refractivity contribution >= 4 is 11.6 Å². The Hall–Kier alpha value is -3.40. The molecule has 0 bridgehead atoms. The van der Waals surface area contributed by atoms with Crippen LogP contribution in [-0.2, 0) is 12.0 Å². The van der Waals surface area contributed by atoms with Crippen LogP contribution in [0.5, 0.6) is 11.5 Å². The number of nitriles is 1. The third-order valence-corrected chi connectivity index (χ3v) is 5.91. The smallest absolute Gasteiger partial charge is 0.182 e. The van der Waals surface area contributed by atoms with Gasteiger partial charge in [0.25, 0.3) is 0 Å². The van der Waals surface area contributed by atoms with Crippen molar-refractivity contribution in [3.63, 3.8) is 0 Å². The summed E-state index contributed by atoms with van der Waals surface area (Å²) in [5.74, 6) is 1.59. The van der Waals surface area contributed by atoms with Gasteiger partial charge in [-0.25, -0.2) is 4.98 Å². The van der Waals surface area contributed by atoms with E-state index in [1.807, 2.05) is 45.0 Å². The molecule has 1 N–H and O–H groups in total. The van der Waals surface area contributed by atoms with Gasteiger partial charge in [-0.2, -0.15) is 5.26 Å². The van der Waals surface area contributed by atoms with Crippen LogP contribution in [0.2, 0.25) is 0 Å². The first kappa shape index (κ1) is 21.8. The van der Waals surface area contributed by atoms with E-state index in [4.69, 9.17) is 25.1 Å². The van der Waals surface area contributed by atoms with Crippen LogP contribution in [0.1, 0.15) is 72.4 Å². The van der Waals surface area contributed by atoms with Crippen LogP contribution in [0, 0.1) is 16.7 Å². The summed E-state index contributed by atoms with van der Waals surface area (Å²) >= 11 is 0. The van der Waals surface area contributed by atoms with Crippen LogP contribution in [0.15, 0.2) is 24.3 Å². The molecule has 166 valence electrons. The second kappa shape index (κ2) is 8.27. The second-order valence-electron chi connectivity index (χ2n) is 9.40. The molecular formula is C25H28N4O3. The van der Waals surface area contributed by atoms with Gasteiger partial charge in [-0.05, 0) is 36.5 Å². The van der Waals surface area contributed by atoms with E-state index in [9.17, 15) is 4.79 Å². The van der Waals surface area contributed by atoms with Gasteiger partial charge in [0.1, 0.15) is 17.6 Å². The number of Topliss-reactive ketones (excluding diaryl/α,β-unsaturated/α-hetero) is 1. The molecule has 1 aliphatic heterocycles. The fraction of sp³-hybridized carbons (Fsp3) is 0.440. The number of nitrogens with one attached hydrogen (secondary N) is 1. The van der Waals surface area contributed by atoms with Crippen molar-refractivity contribution in [1.29, 1.82) is 10.7 Å². The van der Waals surface area contributed by atoms with Gasteiger partial charge in [-0.3, -0.25) is 10.2 Å². The molecule has 1 saturated carbocycles. The molecule has 0 unspecified atom stereocenters. The number of aromatic nitrogens is 1. The minimum absolute atomic E-state index is 0.0710. The van der Waals surface area contributed by atoms with Crippen LogP contribution in [0.25, 0.3) is 0 Å². The standard InChI is InChI=1S/C25H28N4O3/c1-25(2,3)18-11-17(12-21(23(18)31-4)32-10-9-26)20(30)14-29-13-16-7-8-19(15-5-6-15)28-22(16)24(29)27/h7-8,11-12,15,27H,5-6,10,13-14H2,1-4H3. The molecule has 0 radical (unpaired) electrons. The van der Waals surface area contributed by atoms with Crippen LogP contribution in [0.4, 0.5) is 0 Å². The molecule has 32 heavy (non-hydrogen) atoms. The minimum Gasteiger partial charge on any atom is -0.493 e. The largest absolute Gasteiger partial charge is 0.493 e. The predicted octanol–water partition coefficient (Wildman–Crippen LogP) is 4.19. The van der Waals surface area contributed by atoms with Gasteiger partial charge in [-0.1, -0.05) is 26.8 Å². The first-order valence-corrected chi connectivity index (χ1v) is 10.8. The summed E-state index contributed by atoms with van der Waals surface area (Å²) in [7, 11) is 1.55. The zero-order chi connectivity index (χ0) is 23.0. The Labute approximate surface area is 188 Å². The van der Waals surface area contributed by atoms with Gasteiger partial charge in [-0.15, -0.1) is 0 Å². The maximum Gasteiger partial charge on any atom is 0.182 e. The molecule has 0 atom stereocenters. The van der Waals surface area contributed by atoms with Crippen molar-refractivity contribution in [3.05, 3.63) is 52.3 Å². The van der Waals surface area contributed by atoms with Crippen LogP contribution >= 0.6 is 0 Å². The number of methoxy groups -OCH3 is 1. The summed E-state index contributed by atoms with van der Waals surface area (Å²) < 4.78 is 11.1. The highest BCUT2D eigenvalue weighted by atomic mass is 16.5. The van der Waals surface area contributed by atoms with Gasteiger partial charge in [0.15, 0.2) is 23.9 Å². The van der Waals surface area contributed by atoms with E-state index in [2.05, 4.69) is 0 Å². The molecular weight excluding hydrogens is 404 g/mol. The number of rotatable bonds is 7. The molecule has 1 aliphatic carbocycles. The third kappa shape index (κ3) is 4.18. The van der Waals surface area contributed by atoms with Crippen LogP contribution in [0.3, 0.4) is 0 Å². The van der Waals surface area contributed by atoms with E-state index in [1.54, 1.807) is 18.1 Å². The Balaban J connectivity index is 1.60. The molecule has 4 rings (SSSR count). The summed E-state index contributed by atoms with van der Waals surface area (Å²) in [5, 5.41) is 17.5. The van der Waals surface area contributed by atoms with Gasteiger partial charge in [0.2, 0.25) is 0 Å². The Morgan fingerprint density at radius 1 is 1.31 bits per heavy atom. The fourth-order valence-corrected chi connectivity index (χ4v) is 4.02. The van der Waals surface area contributed by atoms with Crippen molar-refractivity contribution in [3.8, 4) is 17.6 Å². The molecule has 0 amide bonds. The molecule has 1 aromatic carbocycles. The predicted molar refractivity (Wildman–Crippen MR) is 121 cm³/mol. The number of hydrogen-bond acceptors (Lipinski definition) is 6. The molecule has 2 heterocycles. The maximum atomic E-state index is 13.3. The Morgan fingerprint density at radius 2 is 2.06 bits per heavy atom. The zero-order valence-corrected chi connectivity index (χ0v) is 19.0. The lowest BCUT2D eigenvalue weighted by Crippen LogP contribution is -2.30. The number of carbonyl (C=O) groups excluding carboxylic acids is 1. The molecule has 1 fully saturated rings. The SMILES string of the molecule is COc1c(OCC#N)cc(C(=O)CN2Cc3ccc(C4CC4)nc3C2=N)cc1C(C)(C)C. The number of ether oxygens (including phenoxy) is 2. The Morgan fingerprint density at radius 3 is 2.69 bits per heavy atom. The molecule has 7 heteroatoms. The van der Waals surface area contributed by atoms with Crippen molar-refractivity contribution in [2.24, 2.45) is 0 Å². The molecule has 1 aromatic heterocycles. The summed E-state index contributed by atoms with van der Waals surface area (Å²) in [6.07, 6.45) is 2.32. The minimum atomic E-state index is -0.299. The van der Waals surface area contributed by atoms with Gasteiger partial charge >= 0.3 is 0 Å². The van der Waals surface area contributed by atoms with Crippen LogP contribution < -0.4 is 9.47 Å². The number of benzene rings is 1. The van der Waals surface area contributed by atoms with E-state index in [-0.39, 0.29) is 24.3 Å². The van der Waals surface area contributed by atoms with Crippen molar-refractivity contribution in [2.45, 2.75) is 51.5 Å². The summed E-state index contributed by atoms with van der Waals surface area (Å²) in [5.41, 5.74) is 3.71. The number of pyridine rings is 1. The quantitative estimate of drug-likeness (QED) is 0.659. The van der Waals surface area contributed by atoms with E-state index < -0.39 is 0 Å². The number of amidine groups is 1. The Kier molecular flexibility index (Phi) is 5.64. The topological polar surface area (TPSA) is 99.3 Å². The van der Waals surface area contributed by atoms with Crippen molar-refractivity contribution < 1.29 is 14.3 Å². The highest BCUT2D eigenvalue weighted by molar-refractivity contribution is 6.04. The van der Waals surface area contributed by atoms with Crippen molar-refractivity contribution in [1.82, 2.24) is 9.88 Å². The first-order chi connectivity index (χ1) is 15.2. The number of ketones is 1. The average molecular weight is 433 g/mol. The number of fused-ring (bicyclic) bond motifs is 1. The maximum absolute atomic E-state index is 13.3. The summed E-state index contributed by atoms with van der Waals surface area (Å²) in [6, 6.07) is 9.50. The van der Waals surface area contributed by atoms with Crippen LogP contribution in [-0.4, -0.2) is 41.8 Å². The summed E-state index contributed by atoms with van der Waals surface area (Å²) in [6.45, 7) is 6.52. The normalized spacial score (nSPS) is 15.3. The number of carbonyl (C=O) groups is 1. The van der Waals surface area contributed by atoms with Gasteiger partial charge in [0.05, 0.1) is 13.7 Å². The second-order valence-corrected chi connectivity index (χ2v) is 9.40.